The molecule has 1 aliphatic carbocycles. The number of thiophene rings is 1. The number of anilines is 1. The predicted molar refractivity (Wildman–Crippen MR) is 147 cm³/mol. The average molecular weight is 494 g/mol. The van der Waals surface area contributed by atoms with Crippen LogP contribution in [0.3, 0.4) is 0 Å². The fourth-order valence-corrected chi connectivity index (χ4v) is 5.99. The highest BCUT2D eigenvalue weighted by molar-refractivity contribution is 7.20. The average Bonchev–Trinajstić information content (AvgIpc) is 3.52. The monoisotopic (exact) mass is 493 g/mol. The van der Waals surface area contributed by atoms with Crippen molar-refractivity contribution in [3.63, 3.8) is 0 Å². The third kappa shape index (κ3) is 6.62. The van der Waals surface area contributed by atoms with E-state index in [1.807, 2.05) is 50.2 Å². The van der Waals surface area contributed by atoms with E-state index in [1.54, 1.807) is 22.7 Å². The van der Waals surface area contributed by atoms with E-state index in [0.29, 0.717) is 0 Å². The lowest BCUT2D eigenvalue weighted by Crippen LogP contribution is -2.25. The summed E-state index contributed by atoms with van der Waals surface area (Å²) in [6.07, 6.45) is 5.61. The van der Waals surface area contributed by atoms with E-state index in [0.717, 1.165) is 52.5 Å². The van der Waals surface area contributed by atoms with Crippen molar-refractivity contribution in [2.45, 2.75) is 46.1 Å². The van der Waals surface area contributed by atoms with Gasteiger partial charge in [0.25, 0.3) is 0 Å². The summed E-state index contributed by atoms with van der Waals surface area (Å²) in [5.41, 5.74) is 2.19. The number of benzene rings is 1. The van der Waals surface area contributed by atoms with Crippen LogP contribution in [0, 0.1) is 18.8 Å². The Morgan fingerprint density at radius 1 is 0.971 bits per heavy atom. The number of nitrogens with one attached hydrogen (secondary N) is 1. The highest BCUT2D eigenvalue weighted by Gasteiger charge is 2.17. The first-order valence-electron chi connectivity index (χ1n) is 12.1. The summed E-state index contributed by atoms with van der Waals surface area (Å²) in [6.45, 7) is 6.36. The molecule has 5 nitrogen and oxygen atoms in total. The Hall–Kier alpha value is -2.35. The van der Waals surface area contributed by atoms with Crippen LogP contribution in [0.2, 0.25) is 0 Å². The lowest BCUT2D eigenvalue weighted by Gasteiger charge is -2.26. The van der Waals surface area contributed by atoms with Crippen molar-refractivity contribution in [3.8, 4) is 9.88 Å². The van der Waals surface area contributed by atoms with Crippen molar-refractivity contribution in [1.29, 1.82) is 0 Å². The fourth-order valence-electron chi connectivity index (χ4n) is 4.35. The topological polar surface area (TPSA) is 53.9 Å². The van der Waals surface area contributed by atoms with Crippen molar-refractivity contribution in [1.82, 2.24) is 20.3 Å². The standard InChI is InChI=1S/C16H22N2S2.C11H13N3/c1-12-4-6-13(7-5-12)9-17-10-14-11-20-16(18-14)15-3-2-8-19-15;1-8-12-10-7-5-4-6-9(10)11(13-8)14(2)3/h2-3,8,11-13,17H,4-7,9-10H2,1H3;4-7H,1-3H3. The van der Waals surface area contributed by atoms with Crippen LogP contribution in [0.15, 0.2) is 47.2 Å². The molecule has 0 amide bonds. The molecule has 180 valence electrons. The molecule has 1 aliphatic rings. The number of nitrogens with zero attached hydrogens (tertiary/aromatic N) is 4. The van der Waals surface area contributed by atoms with Gasteiger partial charge in [-0.3, -0.25) is 0 Å². The molecule has 3 aromatic heterocycles. The Morgan fingerprint density at radius 3 is 2.50 bits per heavy atom. The highest BCUT2D eigenvalue weighted by Crippen LogP contribution is 2.29. The maximum atomic E-state index is 4.71. The van der Waals surface area contributed by atoms with Gasteiger partial charge in [-0.2, -0.15) is 0 Å². The van der Waals surface area contributed by atoms with E-state index in [1.165, 1.54) is 36.3 Å². The number of hydrogen-bond donors (Lipinski definition) is 1. The van der Waals surface area contributed by atoms with Gasteiger partial charge in [0.2, 0.25) is 0 Å². The molecule has 0 spiro atoms. The maximum absolute atomic E-state index is 4.71. The SMILES string of the molecule is CC1CCC(CNCc2csc(-c3cccs3)n2)CC1.Cc1nc(N(C)C)c2ccccc2n1. The molecule has 0 bridgehead atoms. The second kappa shape index (κ2) is 11.9. The molecule has 34 heavy (non-hydrogen) atoms. The fraction of sp³-hybridized carbons (Fsp3) is 0.444. The number of fused-ring (bicyclic) bond motifs is 1. The Morgan fingerprint density at radius 2 is 1.76 bits per heavy atom. The van der Waals surface area contributed by atoms with Gasteiger partial charge in [0.15, 0.2) is 0 Å². The van der Waals surface area contributed by atoms with Crippen LogP contribution in [-0.2, 0) is 6.54 Å². The van der Waals surface area contributed by atoms with Gasteiger partial charge in [-0.1, -0.05) is 38.0 Å². The van der Waals surface area contributed by atoms with Gasteiger partial charge in [0, 0.05) is 31.4 Å². The van der Waals surface area contributed by atoms with Gasteiger partial charge in [-0.25, -0.2) is 15.0 Å². The van der Waals surface area contributed by atoms with Crippen LogP contribution >= 0.6 is 22.7 Å². The molecule has 1 fully saturated rings. The van der Waals surface area contributed by atoms with Crippen LogP contribution < -0.4 is 10.2 Å². The second-order valence-electron chi connectivity index (χ2n) is 9.38. The second-order valence-corrected chi connectivity index (χ2v) is 11.2. The van der Waals surface area contributed by atoms with Crippen molar-refractivity contribution >= 4 is 39.4 Å². The molecule has 3 heterocycles. The van der Waals surface area contributed by atoms with Crippen molar-refractivity contribution in [3.05, 3.63) is 58.7 Å². The molecular weight excluding hydrogens is 458 g/mol. The minimum Gasteiger partial charge on any atom is -0.362 e. The number of rotatable bonds is 6. The van der Waals surface area contributed by atoms with Crippen molar-refractivity contribution in [2.75, 3.05) is 25.5 Å². The molecule has 5 rings (SSSR count). The largest absolute Gasteiger partial charge is 0.362 e. The first-order chi connectivity index (χ1) is 16.5. The summed E-state index contributed by atoms with van der Waals surface area (Å²) in [7, 11) is 3.99. The van der Waals surface area contributed by atoms with Crippen LogP contribution in [0.1, 0.15) is 44.1 Å². The smallest absolute Gasteiger partial charge is 0.139 e. The molecule has 1 saturated carbocycles. The minimum atomic E-state index is 0.812. The molecule has 0 radical (unpaired) electrons. The molecular formula is C27H35N5S2. The van der Waals surface area contributed by atoms with Gasteiger partial charge in [0.05, 0.1) is 16.1 Å². The number of hydrogen-bond acceptors (Lipinski definition) is 7. The first kappa shape index (κ1) is 24.8. The third-order valence-electron chi connectivity index (χ3n) is 6.28. The Kier molecular flexibility index (Phi) is 8.64. The summed E-state index contributed by atoms with van der Waals surface area (Å²) in [5.74, 6) is 3.61. The van der Waals surface area contributed by atoms with Crippen molar-refractivity contribution < 1.29 is 0 Å². The van der Waals surface area contributed by atoms with Crippen LogP contribution in [-0.4, -0.2) is 35.6 Å². The van der Waals surface area contributed by atoms with Gasteiger partial charge < -0.3 is 10.2 Å². The Labute approximate surface area is 211 Å². The van der Waals surface area contributed by atoms with Crippen LogP contribution in [0.25, 0.3) is 20.8 Å². The molecule has 0 atom stereocenters. The number of para-hydroxylation sites is 1. The van der Waals surface area contributed by atoms with Gasteiger partial charge in [-0.15, -0.1) is 22.7 Å². The number of thiazole rings is 1. The summed E-state index contributed by atoms with van der Waals surface area (Å²) in [5, 5.41) is 10.1. The molecule has 1 aromatic carbocycles. The van der Waals surface area contributed by atoms with E-state index in [9.17, 15) is 0 Å². The van der Waals surface area contributed by atoms with Gasteiger partial charge in [0.1, 0.15) is 16.6 Å². The van der Waals surface area contributed by atoms with E-state index >= 15 is 0 Å². The zero-order valence-corrected chi connectivity index (χ0v) is 22.3. The maximum Gasteiger partial charge on any atom is 0.139 e. The normalized spacial score (nSPS) is 17.9. The van der Waals surface area contributed by atoms with Crippen LogP contribution in [0.5, 0.6) is 0 Å². The lowest BCUT2D eigenvalue weighted by atomic mass is 9.83. The minimum absolute atomic E-state index is 0.812. The summed E-state index contributed by atoms with van der Waals surface area (Å²) in [6, 6.07) is 12.3. The lowest BCUT2D eigenvalue weighted by molar-refractivity contribution is 0.281. The number of aromatic nitrogens is 3. The zero-order valence-electron chi connectivity index (χ0n) is 20.6. The van der Waals surface area contributed by atoms with E-state index in [-0.39, 0.29) is 0 Å². The highest BCUT2D eigenvalue weighted by atomic mass is 32.1. The first-order valence-corrected chi connectivity index (χ1v) is 13.8. The predicted octanol–water partition coefficient (Wildman–Crippen LogP) is 6.79. The van der Waals surface area contributed by atoms with E-state index < -0.39 is 0 Å². The summed E-state index contributed by atoms with van der Waals surface area (Å²) < 4.78 is 0. The molecule has 0 unspecified atom stereocenters. The Bertz CT molecular complexity index is 1160. The molecule has 7 heteroatoms. The van der Waals surface area contributed by atoms with Gasteiger partial charge in [-0.05, 0) is 61.7 Å². The van der Waals surface area contributed by atoms with E-state index in [2.05, 4.69) is 45.1 Å². The summed E-state index contributed by atoms with van der Waals surface area (Å²) >= 11 is 3.52. The van der Waals surface area contributed by atoms with E-state index in [4.69, 9.17) is 4.98 Å². The Balaban J connectivity index is 0.000000172. The van der Waals surface area contributed by atoms with Gasteiger partial charge >= 0.3 is 0 Å². The zero-order chi connectivity index (χ0) is 23.9. The number of aryl methyl sites for hydroxylation is 1. The molecule has 0 aliphatic heterocycles. The summed E-state index contributed by atoms with van der Waals surface area (Å²) in [4.78, 5) is 16.8. The molecule has 4 aromatic rings. The third-order valence-corrected chi connectivity index (χ3v) is 8.21. The van der Waals surface area contributed by atoms with Crippen molar-refractivity contribution in [2.24, 2.45) is 11.8 Å². The molecule has 0 saturated heterocycles. The molecule has 1 N–H and O–H groups in total. The van der Waals surface area contributed by atoms with Crippen LogP contribution in [0.4, 0.5) is 5.82 Å². The quantitative estimate of drug-likeness (QED) is 0.320.